The number of hydrogen-bond donors (Lipinski definition) is 2. The molecule has 0 radical (unpaired) electrons. The molecule has 0 saturated carbocycles. The van der Waals surface area contributed by atoms with E-state index in [0.29, 0.717) is 6.42 Å². The topological polar surface area (TPSA) is 93.9 Å². The zero-order chi connectivity index (χ0) is 12.8. The molecule has 7 nitrogen and oxygen atoms in total. The maximum atomic E-state index is 11.8. The maximum absolute atomic E-state index is 11.8. The van der Waals surface area contributed by atoms with Crippen molar-refractivity contribution in [2.45, 2.75) is 24.2 Å². The first kappa shape index (κ1) is 14.1. The molecule has 1 aliphatic rings. The van der Waals surface area contributed by atoms with Crippen LogP contribution >= 0.6 is 11.9 Å². The second-order valence-corrected chi connectivity index (χ2v) is 4.79. The fourth-order valence-corrected chi connectivity index (χ4v) is 2.47. The van der Waals surface area contributed by atoms with E-state index in [-0.39, 0.29) is 5.25 Å². The van der Waals surface area contributed by atoms with E-state index in [0.717, 1.165) is 18.0 Å². The number of nitrogens with zero attached hydrogens (tertiary/aromatic N) is 1. The van der Waals surface area contributed by atoms with Crippen molar-refractivity contribution in [3.05, 3.63) is 0 Å². The number of nitrogens with one attached hydrogen (secondary N) is 1. The average molecular weight is 263 g/mol. The predicted molar refractivity (Wildman–Crippen MR) is 62.9 cm³/mol. The number of hydrogen-bond acceptors (Lipinski definition) is 6. The number of likely N-dealkylation sites (N-methyl/N-ethyl adjacent to an activating group) is 1. The monoisotopic (exact) mass is 263 g/mol. The van der Waals surface area contributed by atoms with Crippen molar-refractivity contribution in [3.8, 4) is 0 Å². The van der Waals surface area contributed by atoms with E-state index in [1.807, 2.05) is 0 Å². The van der Waals surface area contributed by atoms with Crippen LogP contribution in [0.15, 0.2) is 0 Å². The summed E-state index contributed by atoms with van der Waals surface area (Å²) < 4.78 is 7.93. The fourth-order valence-electron chi connectivity index (χ4n) is 1.49. The van der Waals surface area contributed by atoms with Gasteiger partial charge in [-0.3, -0.25) is 14.4 Å². The number of hydroxylamine groups is 2. The lowest BCUT2D eigenvalue weighted by molar-refractivity contribution is -0.178. The number of carbonyl (C=O) groups is 2. The molecule has 8 heteroatoms. The highest BCUT2D eigenvalue weighted by Gasteiger charge is 2.30. The maximum Gasteiger partial charge on any atom is 0.405 e. The van der Waals surface area contributed by atoms with Gasteiger partial charge in [-0.05, 0) is 6.42 Å². The Morgan fingerprint density at radius 2 is 2.35 bits per heavy atom. The molecule has 0 bridgehead atoms. The molecule has 1 rings (SSSR count). The summed E-state index contributed by atoms with van der Waals surface area (Å²) in [6.07, 6.45) is -0.501. The van der Waals surface area contributed by atoms with Gasteiger partial charge in [-0.1, -0.05) is 11.9 Å². The molecule has 1 fully saturated rings. The number of ether oxygens (including phenoxy) is 1. The Balaban J connectivity index is 2.58. The summed E-state index contributed by atoms with van der Waals surface area (Å²) in [6, 6.07) is 0. The Bertz CT molecular complexity index is 283. The second kappa shape index (κ2) is 6.67. The molecular formula is C9H17N3O4S. The molecule has 0 aromatic carbocycles. The molecule has 0 aromatic heterocycles. The lowest BCUT2D eigenvalue weighted by Crippen LogP contribution is -2.41. The van der Waals surface area contributed by atoms with Crippen LogP contribution in [0.1, 0.15) is 12.8 Å². The third kappa shape index (κ3) is 4.41. The minimum absolute atomic E-state index is 0.230. The van der Waals surface area contributed by atoms with Gasteiger partial charge in [-0.2, -0.15) is 0 Å². The van der Waals surface area contributed by atoms with Crippen LogP contribution in [0.2, 0.25) is 0 Å². The summed E-state index contributed by atoms with van der Waals surface area (Å²) in [4.78, 5) is 27.4. The summed E-state index contributed by atoms with van der Waals surface area (Å²) in [6.45, 7) is 0.882. The Morgan fingerprint density at radius 3 is 2.82 bits per heavy atom. The molecule has 1 heterocycles. The van der Waals surface area contributed by atoms with Crippen LogP contribution in [0.5, 0.6) is 0 Å². The zero-order valence-electron chi connectivity index (χ0n) is 9.84. The minimum atomic E-state index is -0.955. The molecule has 98 valence electrons. The highest BCUT2D eigenvalue weighted by Crippen LogP contribution is 2.24. The molecule has 0 aromatic rings. The van der Waals surface area contributed by atoms with Gasteiger partial charge in [0.15, 0.2) is 6.10 Å². The lowest BCUT2D eigenvalue weighted by atomic mass is 10.1. The first-order valence-corrected chi connectivity index (χ1v) is 6.08. The van der Waals surface area contributed by atoms with Gasteiger partial charge in [0.1, 0.15) is 0 Å². The van der Waals surface area contributed by atoms with Gasteiger partial charge >= 0.3 is 6.09 Å². The molecule has 0 spiro atoms. The van der Waals surface area contributed by atoms with Crippen LogP contribution < -0.4 is 10.5 Å². The molecule has 0 aliphatic carbocycles. The summed E-state index contributed by atoms with van der Waals surface area (Å²) in [5.41, 5.74) is 4.95. The SMILES string of the molecule is CON(C)C(=O)[C@H](CC1CCNS1)OC(N)=O. The lowest BCUT2D eigenvalue weighted by Gasteiger charge is -2.22. The van der Waals surface area contributed by atoms with E-state index in [4.69, 9.17) is 15.3 Å². The fraction of sp³-hybridized carbons (Fsp3) is 0.778. The number of primary amides is 1. The van der Waals surface area contributed by atoms with Crippen LogP contribution in [0.25, 0.3) is 0 Å². The smallest absolute Gasteiger partial charge is 0.405 e. The predicted octanol–water partition coefficient (Wildman–Crippen LogP) is -0.130. The average Bonchev–Trinajstić information content (AvgIpc) is 2.78. The third-order valence-corrected chi connectivity index (χ3v) is 3.55. The standard InChI is InChI=1S/C9H17N3O4S/c1-12(15-2)8(13)7(16-9(10)14)5-6-3-4-11-17-6/h6-7,11H,3-5H2,1-2H3,(H2,10,14)/t6?,7-/m0/s1. The first-order chi connectivity index (χ1) is 8.04. The Hall–Kier alpha value is -0.990. The highest BCUT2D eigenvalue weighted by molar-refractivity contribution is 7.98. The van der Waals surface area contributed by atoms with Gasteiger partial charge in [0.25, 0.3) is 5.91 Å². The number of rotatable bonds is 5. The van der Waals surface area contributed by atoms with Crippen molar-refractivity contribution < 1.29 is 19.2 Å². The van der Waals surface area contributed by atoms with Crippen molar-refractivity contribution >= 4 is 23.9 Å². The van der Waals surface area contributed by atoms with E-state index in [9.17, 15) is 9.59 Å². The van der Waals surface area contributed by atoms with Crippen LogP contribution in [0.4, 0.5) is 4.79 Å². The van der Waals surface area contributed by atoms with Crippen molar-refractivity contribution in [2.75, 3.05) is 20.7 Å². The summed E-state index contributed by atoms with van der Waals surface area (Å²) >= 11 is 1.54. The van der Waals surface area contributed by atoms with Crippen LogP contribution in [-0.2, 0) is 14.4 Å². The molecular weight excluding hydrogens is 246 g/mol. The van der Waals surface area contributed by atoms with Gasteiger partial charge in [-0.25, -0.2) is 9.86 Å². The normalized spacial score (nSPS) is 20.9. The van der Waals surface area contributed by atoms with Crippen molar-refractivity contribution in [2.24, 2.45) is 5.73 Å². The van der Waals surface area contributed by atoms with Gasteiger partial charge in [0.05, 0.1) is 7.11 Å². The van der Waals surface area contributed by atoms with E-state index in [1.54, 1.807) is 11.9 Å². The number of nitrogens with two attached hydrogens (primary N) is 1. The van der Waals surface area contributed by atoms with E-state index < -0.39 is 18.1 Å². The largest absolute Gasteiger partial charge is 0.436 e. The van der Waals surface area contributed by atoms with Gasteiger partial charge in [0.2, 0.25) is 0 Å². The van der Waals surface area contributed by atoms with Crippen molar-refractivity contribution in [1.82, 2.24) is 9.79 Å². The van der Waals surface area contributed by atoms with E-state index in [2.05, 4.69) is 4.72 Å². The summed E-state index contributed by atoms with van der Waals surface area (Å²) in [7, 11) is 2.82. The van der Waals surface area contributed by atoms with Gasteiger partial charge in [-0.15, -0.1) is 0 Å². The Kier molecular flexibility index (Phi) is 5.52. The van der Waals surface area contributed by atoms with Crippen LogP contribution in [0.3, 0.4) is 0 Å². The molecule has 1 saturated heterocycles. The van der Waals surface area contributed by atoms with Crippen molar-refractivity contribution in [3.63, 3.8) is 0 Å². The Labute approximate surface area is 104 Å². The second-order valence-electron chi connectivity index (χ2n) is 3.60. The molecule has 2 atom stereocenters. The highest BCUT2D eigenvalue weighted by atomic mass is 32.2. The quantitative estimate of drug-likeness (QED) is 0.530. The Morgan fingerprint density at radius 1 is 1.65 bits per heavy atom. The number of carbonyl (C=O) groups excluding carboxylic acids is 2. The molecule has 2 amide bonds. The number of amides is 2. The summed E-state index contributed by atoms with van der Waals surface area (Å²) in [5, 5.41) is 1.26. The summed E-state index contributed by atoms with van der Waals surface area (Å²) in [5.74, 6) is -0.418. The molecule has 1 unspecified atom stereocenters. The van der Waals surface area contributed by atoms with E-state index in [1.165, 1.54) is 14.2 Å². The molecule has 1 aliphatic heterocycles. The zero-order valence-corrected chi connectivity index (χ0v) is 10.7. The third-order valence-electron chi connectivity index (χ3n) is 2.41. The molecule has 3 N–H and O–H groups in total. The van der Waals surface area contributed by atoms with Crippen LogP contribution in [0, 0.1) is 0 Å². The van der Waals surface area contributed by atoms with Gasteiger partial charge < -0.3 is 10.5 Å². The first-order valence-electron chi connectivity index (χ1n) is 5.21. The van der Waals surface area contributed by atoms with Gasteiger partial charge in [0, 0.05) is 25.3 Å². The minimum Gasteiger partial charge on any atom is -0.436 e. The van der Waals surface area contributed by atoms with Crippen LogP contribution in [-0.4, -0.2) is 49.1 Å². The van der Waals surface area contributed by atoms with E-state index >= 15 is 0 Å². The van der Waals surface area contributed by atoms with Crippen molar-refractivity contribution in [1.29, 1.82) is 0 Å². The molecule has 17 heavy (non-hydrogen) atoms.